The smallest absolute Gasteiger partial charge is 0.0614 e. The molecule has 3 nitrogen and oxygen atoms in total. The van der Waals surface area contributed by atoms with E-state index in [1.165, 1.54) is 45.1 Å². The van der Waals surface area contributed by atoms with Crippen LogP contribution in [0.1, 0.15) is 58.3 Å². The molecule has 18 heavy (non-hydrogen) atoms. The standard InChI is InChI=1S/C15H28N2O/c1-2-13-4-3-9-17(13)14-7-8-15(10-14,11-18)16-12-5-6-12/h12-14,16,18H,2-11H2,1H3. The highest BCUT2D eigenvalue weighted by molar-refractivity contribution is 5.04. The Hall–Kier alpha value is -0.120. The molecule has 3 unspecified atom stereocenters. The van der Waals surface area contributed by atoms with E-state index in [0.717, 1.165) is 24.9 Å². The van der Waals surface area contributed by atoms with Gasteiger partial charge in [0.2, 0.25) is 0 Å². The average molecular weight is 252 g/mol. The minimum Gasteiger partial charge on any atom is -0.394 e. The summed E-state index contributed by atoms with van der Waals surface area (Å²) in [6.45, 7) is 3.93. The lowest BCUT2D eigenvalue weighted by Crippen LogP contribution is -2.49. The van der Waals surface area contributed by atoms with E-state index < -0.39 is 0 Å². The molecule has 3 fully saturated rings. The van der Waals surface area contributed by atoms with Gasteiger partial charge in [0.15, 0.2) is 0 Å². The lowest BCUT2D eigenvalue weighted by atomic mass is 9.98. The molecule has 0 radical (unpaired) electrons. The molecule has 0 aromatic carbocycles. The molecule has 2 saturated carbocycles. The van der Waals surface area contributed by atoms with Gasteiger partial charge in [0.1, 0.15) is 0 Å². The zero-order valence-corrected chi connectivity index (χ0v) is 11.7. The molecule has 0 aromatic heterocycles. The average Bonchev–Trinajstić information content (AvgIpc) is 2.93. The van der Waals surface area contributed by atoms with Gasteiger partial charge in [-0.1, -0.05) is 6.92 Å². The van der Waals surface area contributed by atoms with Crippen molar-refractivity contribution in [3.05, 3.63) is 0 Å². The van der Waals surface area contributed by atoms with Gasteiger partial charge in [0.25, 0.3) is 0 Å². The topological polar surface area (TPSA) is 35.5 Å². The highest BCUT2D eigenvalue weighted by atomic mass is 16.3. The summed E-state index contributed by atoms with van der Waals surface area (Å²) in [7, 11) is 0. The van der Waals surface area contributed by atoms with Gasteiger partial charge in [-0.05, 0) is 57.9 Å². The van der Waals surface area contributed by atoms with Crippen LogP contribution in [0.5, 0.6) is 0 Å². The zero-order chi connectivity index (χ0) is 12.6. The fourth-order valence-electron chi connectivity index (χ4n) is 4.14. The first kappa shape index (κ1) is 12.9. The van der Waals surface area contributed by atoms with Crippen LogP contribution in [0.15, 0.2) is 0 Å². The number of hydrogen-bond acceptors (Lipinski definition) is 3. The maximum absolute atomic E-state index is 9.80. The number of nitrogens with zero attached hydrogens (tertiary/aromatic N) is 1. The van der Waals surface area contributed by atoms with Crippen molar-refractivity contribution in [2.75, 3.05) is 13.2 Å². The van der Waals surface area contributed by atoms with Crippen molar-refractivity contribution in [2.24, 2.45) is 0 Å². The molecule has 0 aromatic rings. The Bertz CT molecular complexity index is 292. The van der Waals surface area contributed by atoms with Gasteiger partial charge in [-0.15, -0.1) is 0 Å². The summed E-state index contributed by atoms with van der Waals surface area (Å²) >= 11 is 0. The van der Waals surface area contributed by atoms with Crippen LogP contribution in [0.3, 0.4) is 0 Å². The van der Waals surface area contributed by atoms with E-state index in [1.54, 1.807) is 0 Å². The minimum absolute atomic E-state index is 0.0483. The molecule has 0 amide bonds. The first-order valence-corrected chi connectivity index (χ1v) is 7.90. The normalized spacial score (nSPS) is 41.7. The predicted octanol–water partition coefficient (Wildman–Crippen LogP) is 1.90. The Morgan fingerprint density at radius 2 is 2.11 bits per heavy atom. The molecule has 3 heteroatoms. The van der Waals surface area contributed by atoms with Crippen LogP contribution in [0.4, 0.5) is 0 Å². The van der Waals surface area contributed by atoms with Gasteiger partial charge < -0.3 is 10.4 Å². The number of hydrogen-bond donors (Lipinski definition) is 2. The summed E-state index contributed by atoms with van der Waals surface area (Å²) in [5.74, 6) is 0. The van der Waals surface area contributed by atoms with Gasteiger partial charge in [0, 0.05) is 23.7 Å². The Morgan fingerprint density at radius 1 is 1.28 bits per heavy atom. The molecule has 1 saturated heterocycles. The predicted molar refractivity (Wildman–Crippen MR) is 73.6 cm³/mol. The van der Waals surface area contributed by atoms with Crippen molar-refractivity contribution >= 4 is 0 Å². The third-order valence-corrected chi connectivity index (χ3v) is 5.34. The third-order valence-electron chi connectivity index (χ3n) is 5.34. The summed E-state index contributed by atoms with van der Waals surface area (Å²) in [4.78, 5) is 2.74. The SMILES string of the molecule is CCC1CCCN1C1CCC(CO)(NC2CC2)C1. The fourth-order valence-corrected chi connectivity index (χ4v) is 4.14. The maximum atomic E-state index is 9.80. The summed E-state index contributed by atoms with van der Waals surface area (Å²) in [6.07, 6.45) is 10.3. The molecule has 2 aliphatic carbocycles. The highest BCUT2D eigenvalue weighted by Gasteiger charge is 2.45. The zero-order valence-electron chi connectivity index (χ0n) is 11.7. The summed E-state index contributed by atoms with van der Waals surface area (Å²) in [5, 5.41) is 13.5. The van der Waals surface area contributed by atoms with Crippen molar-refractivity contribution in [2.45, 2.75) is 82.0 Å². The highest BCUT2D eigenvalue weighted by Crippen LogP contribution is 2.38. The maximum Gasteiger partial charge on any atom is 0.0614 e. The molecule has 1 heterocycles. The van der Waals surface area contributed by atoms with Crippen molar-refractivity contribution < 1.29 is 5.11 Å². The summed E-state index contributed by atoms with van der Waals surface area (Å²) < 4.78 is 0. The fraction of sp³-hybridized carbons (Fsp3) is 1.00. The number of aliphatic hydroxyl groups is 1. The van der Waals surface area contributed by atoms with Crippen molar-refractivity contribution in [1.29, 1.82) is 0 Å². The first-order chi connectivity index (χ1) is 8.76. The van der Waals surface area contributed by atoms with E-state index >= 15 is 0 Å². The van der Waals surface area contributed by atoms with E-state index in [2.05, 4.69) is 17.1 Å². The second kappa shape index (κ2) is 5.10. The molecule has 3 atom stereocenters. The largest absolute Gasteiger partial charge is 0.394 e. The van der Waals surface area contributed by atoms with Gasteiger partial charge in [-0.25, -0.2) is 0 Å². The van der Waals surface area contributed by atoms with E-state index in [9.17, 15) is 5.11 Å². The Balaban J connectivity index is 1.62. The van der Waals surface area contributed by atoms with Crippen molar-refractivity contribution in [1.82, 2.24) is 10.2 Å². The summed E-state index contributed by atoms with van der Waals surface area (Å²) in [6, 6.07) is 2.23. The molecule has 1 aliphatic heterocycles. The number of rotatable bonds is 5. The Kier molecular flexibility index (Phi) is 3.65. The van der Waals surface area contributed by atoms with Crippen LogP contribution in [-0.4, -0.2) is 46.8 Å². The van der Waals surface area contributed by atoms with Crippen LogP contribution in [0, 0.1) is 0 Å². The lowest BCUT2D eigenvalue weighted by molar-refractivity contribution is 0.134. The van der Waals surface area contributed by atoms with Gasteiger partial charge >= 0.3 is 0 Å². The van der Waals surface area contributed by atoms with Gasteiger partial charge in [0.05, 0.1) is 6.61 Å². The van der Waals surface area contributed by atoms with Gasteiger partial charge in [-0.3, -0.25) is 4.90 Å². The van der Waals surface area contributed by atoms with E-state index in [1.807, 2.05) is 0 Å². The monoisotopic (exact) mass is 252 g/mol. The van der Waals surface area contributed by atoms with E-state index in [-0.39, 0.29) is 5.54 Å². The van der Waals surface area contributed by atoms with Crippen LogP contribution < -0.4 is 5.32 Å². The Morgan fingerprint density at radius 3 is 2.78 bits per heavy atom. The third kappa shape index (κ3) is 2.45. The molecule has 2 N–H and O–H groups in total. The van der Waals surface area contributed by atoms with Crippen LogP contribution in [0.2, 0.25) is 0 Å². The quantitative estimate of drug-likeness (QED) is 0.784. The van der Waals surface area contributed by atoms with E-state index in [4.69, 9.17) is 0 Å². The molecular formula is C15H28N2O. The van der Waals surface area contributed by atoms with E-state index in [0.29, 0.717) is 12.6 Å². The molecular weight excluding hydrogens is 224 g/mol. The summed E-state index contributed by atoms with van der Waals surface area (Å²) in [5.41, 5.74) is 0.0483. The molecule has 104 valence electrons. The van der Waals surface area contributed by atoms with Crippen LogP contribution >= 0.6 is 0 Å². The van der Waals surface area contributed by atoms with Crippen molar-refractivity contribution in [3.8, 4) is 0 Å². The number of likely N-dealkylation sites (tertiary alicyclic amines) is 1. The van der Waals surface area contributed by atoms with Crippen molar-refractivity contribution in [3.63, 3.8) is 0 Å². The number of nitrogens with one attached hydrogen (secondary N) is 1. The molecule has 0 bridgehead atoms. The van der Waals surface area contributed by atoms with Gasteiger partial charge in [-0.2, -0.15) is 0 Å². The second-order valence-corrected chi connectivity index (χ2v) is 6.70. The molecule has 3 aliphatic rings. The molecule has 3 rings (SSSR count). The lowest BCUT2D eigenvalue weighted by Gasteiger charge is -2.33. The van der Waals surface area contributed by atoms with Crippen LogP contribution in [0.25, 0.3) is 0 Å². The Labute approximate surface area is 111 Å². The first-order valence-electron chi connectivity index (χ1n) is 7.90. The number of aliphatic hydroxyl groups excluding tert-OH is 1. The minimum atomic E-state index is 0.0483. The molecule has 0 spiro atoms. The van der Waals surface area contributed by atoms with Crippen LogP contribution in [-0.2, 0) is 0 Å². The second-order valence-electron chi connectivity index (χ2n) is 6.70.